The molecule has 136 valence electrons. The first-order valence-electron chi connectivity index (χ1n) is 8.76. The average Bonchev–Trinajstić information content (AvgIpc) is 2.80. The molecule has 2 aromatic rings. The Balaban J connectivity index is 1.70. The lowest BCUT2D eigenvalue weighted by atomic mass is 10.1. The standard InChI is InChI=1S/C21H23NO3S/c1-14-8-9-17(12-15(14)2)21(24)25-13-20(23)22-11-10-16(3)26-19-7-5-4-6-18(19)22/h4-9,12,16H,10-11,13H2,1-3H3/t16-/m0/s1. The second-order valence-electron chi connectivity index (χ2n) is 6.61. The van der Waals surface area contributed by atoms with E-state index in [4.69, 9.17) is 4.74 Å². The molecular weight excluding hydrogens is 346 g/mol. The van der Waals surface area contributed by atoms with Gasteiger partial charge in [0.25, 0.3) is 5.91 Å². The SMILES string of the molecule is Cc1ccc(C(=O)OCC(=O)N2CC[C@H](C)Sc3ccccc32)cc1C. The minimum atomic E-state index is -0.465. The van der Waals surface area contributed by atoms with E-state index in [2.05, 4.69) is 6.92 Å². The first kappa shape index (κ1) is 18.5. The van der Waals surface area contributed by atoms with Crippen LogP contribution < -0.4 is 4.90 Å². The second-order valence-corrected chi connectivity index (χ2v) is 8.09. The van der Waals surface area contributed by atoms with E-state index in [1.165, 1.54) is 0 Å². The normalized spacial score (nSPS) is 16.6. The zero-order valence-corrected chi connectivity index (χ0v) is 16.1. The molecule has 1 amide bonds. The van der Waals surface area contributed by atoms with Gasteiger partial charge in [-0.1, -0.05) is 25.1 Å². The van der Waals surface area contributed by atoms with Crippen LogP contribution >= 0.6 is 11.8 Å². The van der Waals surface area contributed by atoms with Crippen LogP contribution in [0.5, 0.6) is 0 Å². The molecule has 0 N–H and O–H groups in total. The van der Waals surface area contributed by atoms with Crippen molar-refractivity contribution in [3.63, 3.8) is 0 Å². The molecule has 0 aliphatic carbocycles. The molecule has 0 fully saturated rings. The molecule has 1 aliphatic rings. The minimum absolute atomic E-state index is 0.190. The Labute approximate surface area is 158 Å². The average molecular weight is 369 g/mol. The number of aryl methyl sites for hydroxylation is 2. The summed E-state index contributed by atoms with van der Waals surface area (Å²) in [5, 5.41) is 0.437. The maximum absolute atomic E-state index is 12.7. The highest BCUT2D eigenvalue weighted by Gasteiger charge is 2.25. The number of nitrogens with zero attached hydrogens (tertiary/aromatic N) is 1. The lowest BCUT2D eigenvalue weighted by Gasteiger charge is -2.22. The third-order valence-corrected chi connectivity index (χ3v) is 5.85. The van der Waals surface area contributed by atoms with Crippen LogP contribution in [0.4, 0.5) is 5.69 Å². The summed E-state index contributed by atoms with van der Waals surface area (Å²) in [6.45, 7) is 6.48. The summed E-state index contributed by atoms with van der Waals surface area (Å²) in [5.74, 6) is -0.656. The number of hydrogen-bond donors (Lipinski definition) is 0. The molecule has 0 aromatic heterocycles. The van der Waals surface area contributed by atoms with E-state index < -0.39 is 5.97 Å². The molecule has 4 nitrogen and oxygen atoms in total. The zero-order chi connectivity index (χ0) is 18.7. The van der Waals surface area contributed by atoms with E-state index in [0.717, 1.165) is 28.1 Å². The van der Waals surface area contributed by atoms with E-state index in [-0.39, 0.29) is 12.5 Å². The summed E-state index contributed by atoms with van der Waals surface area (Å²) in [6.07, 6.45) is 0.899. The van der Waals surface area contributed by atoms with E-state index >= 15 is 0 Å². The van der Waals surface area contributed by atoms with Gasteiger partial charge in [0, 0.05) is 16.7 Å². The Morgan fingerprint density at radius 3 is 2.69 bits per heavy atom. The molecule has 1 aliphatic heterocycles. The van der Waals surface area contributed by atoms with Gasteiger partial charge in [-0.05, 0) is 55.7 Å². The molecule has 3 rings (SSSR count). The Kier molecular flexibility index (Phi) is 5.67. The van der Waals surface area contributed by atoms with Crippen molar-refractivity contribution in [1.29, 1.82) is 0 Å². The molecule has 0 spiro atoms. The van der Waals surface area contributed by atoms with Crippen LogP contribution in [0.3, 0.4) is 0 Å². The molecule has 0 saturated carbocycles. The molecule has 0 bridgehead atoms. The highest BCUT2D eigenvalue weighted by molar-refractivity contribution is 8.00. The number of esters is 1. The summed E-state index contributed by atoms with van der Waals surface area (Å²) < 4.78 is 5.28. The van der Waals surface area contributed by atoms with E-state index in [1.54, 1.807) is 28.8 Å². The van der Waals surface area contributed by atoms with Crippen LogP contribution in [-0.2, 0) is 9.53 Å². The lowest BCUT2D eigenvalue weighted by molar-refractivity contribution is -0.121. The van der Waals surface area contributed by atoms with Crippen molar-refractivity contribution in [2.24, 2.45) is 0 Å². The number of thioether (sulfide) groups is 1. The molecule has 5 heteroatoms. The number of carbonyl (C=O) groups excluding carboxylic acids is 2. The third-order valence-electron chi connectivity index (χ3n) is 4.61. The molecular formula is C21H23NO3S. The smallest absolute Gasteiger partial charge is 0.338 e. The number of anilines is 1. The van der Waals surface area contributed by atoms with Gasteiger partial charge in [-0.3, -0.25) is 4.79 Å². The highest BCUT2D eigenvalue weighted by Crippen LogP contribution is 2.37. The van der Waals surface area contributed by atoms with Crippen molar-refractivity contribution in [1.82, 2.24) is 0 Å². The van der Waals surface area contributed by atoms with Gasteiger partial charge in [0.1, 0.15) is 0 Å². The van der Waals surface area contributed by atoms with Crippen molar-refractivity contribution in [3.05, 3.63) is 59.2 Å². The molecule has 26 heavy (non-hydrogen) atoms. The fraction of sp³-hybridized carbons (Fsp3) is 0.333. The van der Waals surface area contributed by atoms with Crippen molar-refractivity contribution in [2.75, 3.05) is 18.1 Å². The number of para-hydroxylation sites is 1. The summed E-state index contributed by atoms with van der Waals surface area (Å²) in [4.78, 5) is 27.8. The maximum atomic E-state index is 12.7. The van der Waals surface area contributed by atoms with Crippen LogP contribution in [0, 0.1) is 13.8 Å². The Hall–Kier alpha value is -2.27. The number of rotatable bonds is 3. The molecule has 0 unspecified atom stereocenters. The Morgan fingerprint density at radius 1 is 1.15 bits per heavy atom. The van der Waals surface area contributed by atoms with Gasteiger partial charge in [-0.15, -0.1) is 11.8 Å². The van der Waals surface area contributed by atoms with Crippen molar-refractivity contribution >= 4 is 29.3 Å². The number of amides is 1. The number of ether oxygens (including phenoxy) is 1. The molecule has 0 saturated heterocycles. The third kappa shape index (κ3) is 4.10. The predicted octanol–water partition coefficient (Wildman–Crippen LogP) is 4.38. The van der Waals surface area contributed by atoms with Gasteiger partial charge in [0.15, 0.2) is 6.61 Å². The van der Waals surface area contributed by atoms with E-state index in [1.807, 2.05) is 44.2 Å². The van der Waals surface area contributed by atoms with Crippen LogP contribution in [0.15, 0.2) is 47.4 Å². The van der Waals surface area contributed by atoms with Crippen molar-refractivity contribution < 1.29 is 14.3 Å². The van der Waals surface area contributed by atoms with Gasteiger partial charge >= 0.3 is 5.97 Å². The quantitative estimate of drug-likeness (QED) is 0.754. The summed E-state index contributed by atoms with van der Waals surface area (Å²) in [5.41, 5.74) is 3.51. The Bertz CT molecular complexity index is 834. The monoisotopic (exact) mass is 369 g/mol. The van der Waals surface area contributed by atoms with Crippen LogP contribution in [0.25, 0.3) is 0 Å². The van der Waals surface area contributed by atoms with Gasteiger partial charge in [-0.2, -0.15) is 0 Å². The predicted molar refractivity (Wildman–Crippen MR) is 105 cm³/mol. The Morgan fingerprint density at radius 2 is 1.92 bits per heavy atom. The largest absolute Gasteiger partial charge is 0.452 e. The lowest BCUT2D eigenvalue weighted by Crippen LogP contribution is -2.35. The van der Waals surface area contributed by atoms with Gasteiger partial charge in [0.2, 0.25) is 0 Å². The van der Waals surface area contributed by atoms with Gasteiger partial charge in [0.05, 0.1) is 11.3 Å². The van der Waals surface area contributed by atoms with Crippen LogP contribution in [0.2, 0.25) is 0 Å². The van der Waals surface area contributed by atoms with Crippen molar-refractivity contribution in [3.8, 4) is 0 Å². The minimum Gasteiger partial charge on any atom is -0.452 e. The highest BCUT2D eigenvalue weighted by atomic mass is 32.2. The maximum Gasteiger partial charge on any atom is 0.338 e. The number of carbonyl (C=O) groups is 2. The fourth-order valence-electron chi connectivity index (χ4n) is 2.90. The summed E-state index contributed by atoms with van der Waals surface area (Å²) in [6, 6.07) is 13.3. The number of fused-ring (bicyclic) bond motifs is 1. The zero-order valence-electron chi connectivity index (χ0n) is 15.3. The molecule has 1 heterocycles. The number of hydrogen-bond acceptors (Lipinski definition) is 4. The summed E-state index contributed by atoms with van der Waals surface area (Å²) in [7, 11) is 0. The molecule has 0 radical (unpaired) electrons. The second kappa shape index (κ2) is 7.96. The number of benzene rings is 2. The van der Waals surface area contributed by atoms with E-state index in [0.29, 0.717) is 17.4 Å². The summed E-state index contributed by atoms with van der Waals surface area (Å²) >= 11 is 1.78. The van der Waals surface area contributed by atoms with Crippen molar-refractivity contribution in [2.45, 2.75) is 37.3 Å². The van der Waals surface area contributed by atoms with Gasteiger partial charge in [-0.25, -0.2) is 4.79 Å². The van der Waals surface area contributed by atoms with Crippen LogP contribution in [0.1, 0.15) is 34.8 Å². The molecule has 2 aromatic carbocycles. The first-order chi connectivity index (χ1) is 12.5. The topological polar surface area (TPSA) is 46.6 Å². The van der Waals surface area contributed by atoms with E-state index in [9.17, 15) is 9.59 Å². The fourth-order valence-corrected chi connectivity index (χ4v) is 4.02. The molecule has 1 atom stereocenters. The van der Waals surface area contributed by atoms with Crippen LogP contribution in [-0.4, -0.2) is 30.3 Å². The first-order valence-corrected chi connectivity index (χ1v) is 9.64. The van der Waals surface area contributed by atoms with Gasteiger partial charge < -0.3 is 9.64 Å².